The third kappa shape index (κ3) is 5.74. The van der Waals surface area contributed by atoms with Gasteiger partial charge in [0.1, 0.15) is 17.4 Å². The van der Waals surface area contributed by atoms with Crippen molar-refractivity contribution in [3.63, 3.8) is 0 Å². The number of benzene rings is 2. The molecule has 2 aliphatic heterocycles. The maximum atomic E-state index is 14.3. The van der Waals surface area contributed by atoms with Gasteiger partial charge in [-0.05, 0) is 55.2 Å². The van der Waals surface area contributed by atoms with Crippen LogP contribution in [0.1, 0.15) is 53.0 Å². The molecule has 3 amide bonds. The number of hydrogen-bond acceptors (Lipinski definition) is 5. The highest BCUT2D eigenvalue weighted by Gasteiger charge is 2.53. The van der Waals surface area contributed by atoms with Gasteiger partial charge in [0.05, 0.1) is 28.4 Å². The number of likely N-dealkylation sites (N-methyl/N-ethyl adjacent to an activating group) is 1. The summed E-state index contributed by atoms with van der Waals surface area (Å²) in [5.41, 5.74) is -2.60. The predicted molar refractivity (Wildman–Crippen MR) is 145 cm³/mol. The Bertz CT molecular complexity index is 1430. The van der Waals surface area contributed by atoms with Gasteiger partial charge in [0, 0.05) is 25.8 Å². The molecule has 4 rings (SSSR count). The van der Waals surface area contributed by atoms with E-state index < -0.39 is 58.4 Å². The first-order valence-corrected chi connectivity index (χ1v) is 13.5. The number of nitrogens with one attached hydrogen (secondary N) is 1. The number of likely N-dealkylation sites (tertiary alicyclic amines) is 1. The number of halogens is 5. The maximum Gasteiger partial charge on any atom is 0.416 e. The van der Waals surface area contributed by atoms with Crippen LogP contribution in [-0.2, 0) is 15.8 Å². The number of carbonyl (C=O) groups is 4. The monoisotopic (exact) mass is 612 g/mol. The predicted octanol–water partition coefficient (Wildman–Crippen LogP) is 4.25. The zero-order chi connectivity index (χ0) is 31.1. The van der Waals surface area contributed by atoms with Gasteiger partial charge in [0.15, 0.2) is 0 Å². The van der Waals surface area contributed by atoms with Gasteiger partial charge in [-0.2, -0.15) is 13.2 Å². The summed E-state index contributed by atoms with van der Waals surface area (Å²) in [6.07, 6.45) is -4.37. The molecule has 2 saturated heterocycles. The van der Waals surface area contributed by atoms with Crippen LogP contribution in [0, 0.1) is 11.7 Å². The molecule has 42 heavy (non-hydrogen) atoms. The number of amides is 3. The van der Waals surface area contributed by atoms with Gasteiger partial charge in [0.2, 0.25) is 11.8 Å². The summed E-state index contributed by atoms with van der Waals surface area (Å²) in [6.45, 7) is 3.72. The van der Waals surface area contributed by atoms with E-state index in [0.29, 0.717) is 23.9 Å². The van der Waals surface area contributed by atoms with E-state index in [0.717, 1.165) is 0 Å². The summed E-state index contributed by atoms with van der Waals surface area (Å²) in [7, 11) is 1.63. The Hall–Kier alpha value is -3.87. The molecule has 9 nitrogen and oxygen atoms in total. The average molecular weight is 613 g/mol. The van der Waals surface area contributed by atoms with E-state index in [4.69, 9.17) is 11.6 Å². The molecular formula is C28H29ClF4N4O5. The summed E-state index contributed by atoms with van der Waals surface area (Å²) in [5.74, 6) is -4.68. The molecule has 0 aliphatic carbocycles. The summed E-state index contributed by atoms with van der Waals surface area (Å²) >= 11 is 6.19. The van der Waals surface area contributed by atoms with E-state index in [1.165, 1.54) is 21.9 Å². The van der Waals surface area contributed by atoms with E-state index in [1.54, 1.807) is 27.0 Å². The molecule has 0 aromatic heterocycles. The number of aromatic carboxylic acids is 1. The first-order chi connectivity index (χ1) is 19.6. The summed E-state index contributed by atoms with van der Waals surface area (Å²) in [4.78, 5) is 55.9. The standard InChI is InChI=1S/C28H29ClF4N4O5/c1-15(2)22(34-23(38)19-12-16(28(31,32)33)4-7-21(19)30)24(39)36-10-8-27(9-11-36)26(42)35(3)14-37(27)17-5-6-18(25(40)41)20(29)13-17/h4-7,12-13,15,22H,8-11,14H2,1-3H3,(H,34,38)(H,40,41). The Morgan fingerprint density at radius 1 is 1.05 bits per heavy atom. The highest BCUT2D eigenvalue weighted by molar-refractivity contribution is 6.33. The van der Waals surface area contributed by atoms with Crippen molar-refractivity contribution in [1.82, 2.24) is 15.1 Å². The van der Waals surface area contributed by atoms with E-state index in [1.807, 2.05) is 4.90 Å². The molecule has 2 N–H and O–H groups in total. The van der Waals surface area contributed by atoms with Crippen LogP contribution in [0.2, 0.25) is 5.02 Å². The lowest BCUT2D eigenvalue weighted by Gasteiger charge is -2.44. The number of carboxylic acid groups (broad SMARTS) is 1. The highest BCUT2D eigenvalue weighted by atomic mass is 35.5. The molecule has 2 fully saturated rings. The SMILES string of the molecule is CC(C)C(NC(=O)c1cc(C(F)(F)F)ccc1F)C(=O)N1CCC2(CC1)C(=O)N(C)CN2c1ccc(C(=O)O)c(Cl)c1. The smallest absolute Gasteiger partial charge is 0.416 e. The second-order valence-electron chi connectivity index (χ2n) is 10.8. The molecule has 2 heterocycles. The van der Waals surface area contributed by atoms with Crippen LogP contribution in [0.4, 0.5) is 23.2 Å². The van der Waals surface area contributed by atoms with Crippen LogP contribution >= 0.6 is 11.6 Å². The lowest BCUT2D eigenvalue weighted by atomic mass is 9.85. The van der Waals surface area contributed by atoms with Crippen molar-refractivity contribution in [3.05, 3.63) is 63.9 Å². The van der Waals surface area contributed by atoms with Gasteiger partial charge in [-0.1, -0.05) is 25.4 Å². The van der Waals surface area contributed by atoms with Gasteiger partial charge in [-0.15, -0.1) is 0 Å². The first kappa shape index (κ1) is 31.1. The van der Waals surface area contributed by atoms with Gasteiger partial charge in [-0.3, -0.25) is 14.4 Å². The number of hydrogen-bond donors (Lipinski definition) is 2. The number of carboxylic acids is 1. The normalized spacial score (nSPS) is 17.6. The molecule has 14 heteroatoms. The molecule has 1 unspecified atom stereocenters. The molecule has 0 saturated carbocycles. The average Bonchev–Trinajstić information content (AvgIpc) is 3.15. The van der Waals surface area contributed by atoms with Crippen molar-refractivity contribution in [2.45, 2.75) is 44.4 Å². The minimum atomic E-state index is -4.79. The fourth-order valence-electron chi connectivity index (χ4n) is 5.44. The number of anilines is 1. The van der Waals surface area contributed by atoms with Crippen LogP contribution in [0.15, 0.2) is 36.4 Å². The largest absolute Gasteiger partial charge is 0.478 e. The van der Waals surface area contributed by atoms with Crippen LogP contribution in [-0.4, -0.2) is 77.0 Å². The molecule has 2 aromatic rings. The molecule has 0 radical (unpaired) electrons. The van der Waals surface area contributed by atoms with Crippen molar-refractivity contribution < 1.29 is 41.8 Å². The Morgan fingerprint density at radius 3 is 2.24 bits per heavy atom. The van der Waals surface area contributed by atoms with Crippen LogP contribution < -0.4 is 10.2 Å². The van der Waals surface area contributed by atoms with Gasteiger partial charge >= 0.3 is 12.1 Å². The molecule has 0 bridgehead atoms. The number of piperidine rings is 1. The molecule has 1 spiro atoms. The Kier molecular flexibility index (Phi) is 8.45. The van der Waals surface area contributed by atoms with Gasteiger partial charge in [0.25, 0.3) is 5.91 Å². The van der Waals surface area contributed by atoms with Crippen molar-refractivity contribution >= 4 is 41.0 Å². The Labute approximate surface area is 244 Å². The van der Waals surface area contributed by atoms with Crippen molar-refractivity contribution in [1.29, 1.82) is 0 Å². The fraction of sp³-hybridized carbons (Fsp3) is 0.429. The number of nitrogens with zero attached hydrogens (tertiary/aromatic N) is 3. The van der Waals surface area contributed by atoms with Crippen molar-refractivity contribution in [3.8, 4) is 0 Å². The van der Waals surface area contributed by atoms with E-state index in [9.17, 15) is 41.8 Å². The molecular weight excluding hydrogens is 584 g/mol. The third-order valence-corrected chi connectivity index (χ3v) is 8.08. The van der Waals surface area contributed by atoms with Gasteiger partial charge < -0.3 is 25.1 Å². The molecule has 1 atom stereocenters. The number of alkyl halides is 3. The van der Waals surface area contributed by atoms with Crippen LogP contribution in [0.5, 0.6) is 0 Å². The topological polar surface area (TPSA) is 110 Å². The first-order valence-electron chi connectivity index (χ1n) is 13.1. The van der Waals surface area contributed by atoms with Crippen molar-refractivity contribution in [2.75, 3.05) is 31.7 Å². The second kappa shape index (κ2) is 11.4. The van der Waals surface area contributed by atoms with E-state index >= 15 is 0 Å². The quantitative estimate of drug-likeness (QED) is 0.472. The molecule has 2 aromatic carbocycles. The lowest BCUT2D eigenvalue weighted by Crippen LogP contribution is -2.60. The summed E-state index contributed by atoms with van der Waals surface area (Å²) in [5, 5.41) is 11.7. The second-order valence-corrected chi connectivity index (χ2v) is 11.2. The number of carbonyl (C=O) groups excluding carboxylic acids is 3. The van der Waals surface area contributed by atoms with Crippen LogP contribution in [0.25, 0.3) is 0 Å². The number of rotatable bonds is 6. The van der Waals surface area contributed by atoms with E-state index in [-0.39, 0.29) is 49.1 Å². The minimum absolute atomic E-state index is 0.0116. The maximum absolute atomic E-state index is 14.3. The minimum Gasteiger partial charge on any atom is -0.478 e. The zero-order valence-electron chi connectivity index (χ0n) is 23.0. The van der Waals surface area contributed by atoms with E-state index in [2.05, 4.69) is 5.32 Å². The zero-order valence-corrected chi connectivity index (χ0v) is 23.7. The molecule has 226 valence electrons. The highest BCUT2D eigenvalue weighted by Crippen LogP contribution is 2.40. The van der Waals surface area contributed by atoms with Crippen LogP contribution in [0.3, 0.4) is 0 Å². The fourth-order valence-corrected chi connectivity index (χ4v) is 5.70. The summed E-state index contributed by atoms with van der Waals surface area (Å²) in [6, 6.07) is 4.73. The van der Waals surface area contributed by atoms with Gasteiger partial charge in [-0.25, -0.2) is 9.18 Å². The third-order valence-electron chi connectivity index (χ3n) is 7.77. The Morgan fingerprint density at radius 2 is 1.69 bits per heavy atom. The Balaban J connectivity index is 1.52. The summed E-state index contributed by atoms with van der Waals surface area (Å²) < 4.78 is 53.7. The lowest BCUT2D eigenvalue weighted by molar-refractivity contribution is -0.139. The molecule has 2 aliphatic rings. The van der Waals surface area contributed by atoms with Crippen molar-refractivity contribution in [2.24, 2.45) is 5.92 Å².